The standard InChI is InChI=1S/C18H18N4OS/c23-18(21-10-3-12-22-13-11-19-14-22)15-5-7-16(8-6-15)24-17-4-1-2-9-20-17/h1-2,4-9,11,13-14H,3,10,12H2,(H,21,23). The Bertz CT molecular complexity index is 757. The highest BCUT2D eigenvalue weighted by Crippen LogP contribution is 2.25. The molecule has 0 atom stereocenters. The second-order valence-corrected chi connectivity index (χ2v) is 6.30. The minimum Gasteiger partial charge on any atom is -0.352 e. The molecule has 24 heavy (non-hydrogen) atoms. The first-order chi connectivity index (χ1) is 11.8. The summed E-state index contributed by atoms with van der Waals surface area (Å²) < 4.78 is 2.00. The minimum atomic E-state index is -0.0463. The molecular formula is C18H18N4OS. The predicted octanol–water partition coefficient (Wildman–Crippen LogP) is 3.25. The molecule has 0 bridgehead atoms. The third kappa shape index (κ3) is 4.70. The lowest BCUT2D eigenvalue weighted by molar-refractivity contribution is 0.0952. The SMILES string of the molecule is O=C(NCCCn1ccnc1)c1ccc(Sc2ccccn2)cc1. The second-order valence-electron chi connectivity index (χ2n) is 5.20. The van der Waals surface area contributed by atoms with Gasteiger partial charge in [-0.3, -0.25) is 4.79 Å². The van der Waals surface area contributed by atoms with Gasteiger partial charge in [-0.25, -0.2) is 9.97 Å². The lowest BCUT2D eigenvalue weighted by atomic mass is 10.2. The molecule has 0 aliphatic heterocycles. The van der Waals surface area contributed by atoms with Gasteiger partial charge >= 0.3 is 0 Å². The summed E-state index contributed by atoms with van der Waals surface area (Å²) >= 11 is 1.58. The highest BCUT2D eigenvalue weighted by molar-refractivity contribution is 7.99. The van der Waals surface area contributed by atoms with Crippen molar-refractivity contribution in [2.75, 3.05) is 6.54 Å². The number of hydrogen-bond donors (Lipinski definition) is 1. The Hall–Kier alpha value is -2.60. The number of benzene rings is 1. The Morgan fingerprint density at radius 1 is 1.12 bits per heavy atom. The van der Waals surface area contributed by atoms with Crippen molar-refractivity contribution in [3.05, 3.63) is 72.9 Å². The quantitative estimate of drug-likeness (QED) is 0.672. The first-order valence-corrected chi connectivity index (χ1v) is 8.56. The molecular weight excluding hydrogens is 320 g/mol. The maximum Gasteiger partial charge on any atom is 0.251 e. The van der Waals surface area contributed by atoms with Crippen LogP contribution < -0.4 is 5.32 Å². The number of carbonyl (C=O) groups is 1. The van der Waals surface area contributed by atoms with E-state index in [4.69, 9.17) is 0 Å². The molecule has 0 spiro atoms. The van der Waals surface area contributed by atoms with Crippen molar-refractivity contribution < 1.29 is 4.79 Å². The Morgan fingerprint density at radius 2 is 2.00 bits per heavy atom. The molecule has 0 aliphatic carbocycles. The highest BCUT2D eigenvalue weighted by atomic mass is 32.2. The summed E-state index contributed by atoms with van der Waals surface area (Å²) in [7, 11) is 0. The van der Waals surface area contributed by atoms with Crippen LogP contribution in [0.1, 0.15) is 16.8 Å². The van der Waals surface area contributed by atoms with Crippen LogP contribution in [-0.4, -0.2) is 27.0 Å². The van der Waals surface area contributed by atoms with Gasteiger partial charge in [0.25, 0.3) is 5.91 Å². The van der Waals surface area contributed by atoms with Crippen LogP contribution in [0, 0.1) is 0 Å². The van der Waals surface area contributed by atoms with E-state index >= 15 is 0 Å². The van der Waals surface area contributed by atoms with E-state index in [1.807, 2.05) is 53.2 Å². The van der Waals surface area contributed by atoms with E-state index in [0.717, 1.165) is 22.9 Å². The predicted molar refractivity (Wildman–Crippen MR) is 94.0 cm³/mol. The van der Waals surface area contributed by atoms with E-state index in [9.17, 15) is 4.79 Å². The lowest BCUT2D eigenvalue weighted by Crippen LogP contribution is -2.25. The zero-order chi connectivity index (χ0) is 16.6. The summed E-state index contributed by atoms with van der Waals surface area (Å²) in [6, 6.07) is 13.4. The zero-order valence-electron chi connectivity index (χ0n) is 13.1. The normalized spacial score (nSPS) is 10.5. The van der Waals surface area contributed by atoms with Crippen molar-refractivity contribution in [3.8, 4) is 0 Å². The first-order valence-electron chi connectivity index (χ1n) is 7.74. The second kappa shape index (κ2) is 8.31. The van der Waals surface area contributed by atoms with Crippen LogP contribution in [0.4, 0.5) is 0 Å². The summed E-state index contributed by atoms with van der Waals surface area (Å²) in [6.45, 7) is 1.49. The van der Waals surface area contributed by atoms with Crippen LogP contribution in [-0.2, 0) is 6.54 Å². The van der Waals surface area contributed by atoms with E-state index < -0.39 is 0 Å². The Kier molecular flexibility index (Phi) is 5.63. The van der Waals surface area contributed by atoms with E-state index in [1.54, 1.807) is 30.5 Å². The summed E-state index contributed by atoms with van der Waals surface area (Å²) in [5.74, 6) is -0.0463. The lowest BCUT2D eigenvalue weighted by Gasteiger charge is -2.07. The molecule has 0 aliphatic rings. The van der Waals surface area contributed by atoms with Gasteiger partial charge in [-0.05, 0) is 42.8 Å². The fourth-order valence-electron chi connectivity index (χ4n) is 2.19. The molecule has 0 saturated heterocycles. The van der Waals surface area contributed by atoms with Crippen LogP contribution in [0.5, 0.6) is 0 Å². The average molecular weight is 338 g/mol. The summed E-state index contributed by atoms with van der Waals surface area (Å²) in [5.41, 5.74) is 0.669. The van der Waals surface area contributed by atoms with Crippen molar-refractivity contribution >= 4 is 17.7 Å². The van der Waals surface area contributed by atoms with Crippen molar-refractivity contribution in [1.82, 2.24) is 19.9 Å². The molecule has 3 aromatic rings. The molecule has 0 saturated carbocycles. The number of imidazole rings is 1. The Labute approximate surface area is 145 Å². The molecule has 1 amide bonds. The maximum atomic E-state index is 12.1. The molecule has 5 nitrogen and oxygen atoms in total. The third-order valence-electron chi connectivity index (χ3n) is 3.41. The third-order valence-corrected chi connectivity index (χ3v) is 4.37. The van der Waals surface area contributed by atoms with E-state index in [-0.39, 0.29) is 5.91 Å². The van der Waals surface area contributed by atoms with Crippen molar-refractivity contribution in [2.24, 2.45) is 0 Å². The minimum absolute atomic E-state index is 0.0463. The van der Waals surface area contributed by atoms with Crippen molar-refractivity contribution in [2.45, 2.75) is 22.9 Å². The highest BCUT2D eigenvalue weighted by Gasteiger charge is 2.05. The van der Waals surface area contributed by atoms with Gasteiger partial charge in [0.15, 0.2) is 0 Å². The van der Waals surface area contributed by atoms with Crippen LogP contribution >= 0.6 is 11.8 Å². The fourth-order valence-corrected chi connectivity index (χ4v) is 2.96. The van der Waals surface area contributed by atoms with Gasteiger partial charge in [-0.1, -0.05) is 17.8 Å². The Balaban J connectivity index is 1.46. The van der Waals surface area contributed by atoms with Gasteiger partial charge in [-0.15, -0.1) is 0 Å². The molecule has 122 valence electrons. The largest absolute Gasteiger partial charge is 0.352 e. The summed E-state index contributed by atoms with van der Waals surface area (Å²) in [4.78, 5) is 21.5. The number of aromatic nitrogens is 3. The molecule has 1 aromatic carbocycles. The van der Waals surface area contributed by atoms with E-state index in [1.165, 1.54) is 0 Å². The van der Waals surface area contributed by atoms with E-state index in [2.05, 4.69) is 15.3 Å². The molecule has 3 rings (SSSR count). The van der Waals surface area contributed by atoms with Crippen LogP contribution in [0.25, 0.3) is 0 Å². The summed E-state index contributed by atoms with van der Waals surface area (Å²) in [6.07, 6.45) is 8.09. The summed E-state index contributed by atoms with van der Waals surface area (Å²) in [5, 5.41) is 3.88. The van der Waals surface area contributed by atoms with Gasteiger partial charge in [-0.2, -0.15) is 0 Å². The number of pyridine rings is 1. The average Bonchev–Trinajstić information content (AvgIpc) is 3.13. The van der Waals surface area contributed by atoms with Crippen molar-refractivity contribution in [1.29, 1.82) is 0 Å². The smallest absolute Gasteiger partial charge is 0.251 e. The number of hydrogen-bond acceptors (Lipinski definition) is 4. The number of nitrogens with one attached hydrogen (secondary N) is 1. The number of rotatable bonds is 7. The number of nitrogens with zero attached hydrogens (tertiary/aromatic N) is 3. The topological polar surface area (TPSA) is 59.8 Å². The van der Waals surface area contributed by atoms with Gasteiger partial charge in [0, 0.05) is 42.1 Å². The van der Waals surface area contributed by atoms with Gasteiger partial charge in [0.1, 0.15) is 5.03 Å². The first kappa shape index (κ1) is 16.3. The number of amides is 1. The number of carbonyl (C=O) groups excluding carboxylic acids is 1. The van der Waals surface area contributed by atoms with Gasteiger partial charge < -0.3 is 9.88 Å². The fraction of sp³-hybridized carbons (Fsp3) is 0.167. The van der Waals surface area contributed by atoms with Crippen LogP contribution in [0.3, 0.4) is 0 Å². The molecule has 0 unspecified atom stereocenters. The monoisotopic (exact) mass is 338 g/mol. The zero-order valence-corrected chi connectivity index (χ0v) is 13.9. The maximum absolute atomic E-state index is 12.1. The van der Waals surface area contributed by atoms with Gasteiger partial charge in [0.05, 0.1) is 6.33 Å². The molecule has 2 heterocycles. The van der Waals surface area contributed by atoms with Gasteiger partial charge in [0.2, 0.25) is 0 Å². The molecule has 0 radical (unpaired) electrons. The van der Waals surface area contributed by atoms with Crippen LogP contribution in [0.2, 0.25) is 0 Å². The van der Waals surface area contributed by atoms with E-state index in [0.29, 0.717) is 12.1 Å². The molecule has 1 N–H and O–H groups in total. The van der Waals surface area contributed by atoms with Crippen molar-refractivity contribution in [3.63, 3.8) is 0 Å². The van der Waals surface area contributed by atoms with Crippen LogP contribution in [0.15, 0.2) is 77.3 Å². The molecule has 2 aromatic heterocycles. The Morgan fingerprint density at radius 3 is 2.71 bits per heavy atom. The molecule has 6 heteroatoms. The number of aryl methyl sites for hydroxylation is 1. The molecule has 0 fully saturated rings.